The fourth-order valence-electron chi connectivity index (χ4n) is 7.03. The highest BCUT2D eigenvalue weighted by Gasteiger charge is 2.57. The summed E-state index contributed by atoms with van der Waals surface area (Å²) in [5.74, 6) is -6.20. The number of benzene rings is 1. The second-order valence-corrected chi connectivity index (χ2v) is 11.9. The van der Waals surface area contributed by atoms with Gasteiger partial charge in [-0.2, -0.15) is 18.2 Å². The summed E-state index contributed by atoms with van der Waals surface area (Å²) in [7, 11) is 3.92. The molecule has 2 heterocycles. The lowest BCUT2D eigenvalue weighted by atomic mass is 9.59. The number of carbonyl (C=O) groups excluding carboxylic acids is 4. The summed E-state index contributed by atoms with van der Waals surface area (Å²) in [5.41, 5.74) is 0.467. The molecule has 2 amide bonds. The molecule has 4 atom stereocenters. The number of hydrogen-bond donors (Lipinski definition) is 1. The normalized spacial score (nSPS) is 24.3. The van der Waals surface area contributed by atoms with Crippen LogP contribution in [0.25, 0.3) is 0 Å². The predicted molar refractivity (Wildman–Crippen MR) is 157 cm³/mol. The van der Waals surface area contributed by atoms with Crippen LogP contribution in [0.3, 0.4) is 0 Å². The van der Waals surface area contributed by atoms with Crippen molar-refractivity contribution in [2.75, 3.05) is 26.3 Å². The summed E-state index contributed by atoms with van der Waals surface area (Å²) >= 11 is 6.20. The summed E-state index contributed by atoms with van der Waals surface area (Å²) in [6.07, 6.45) is -1.69. The van der Waals surface area contributed by atoms with E-state index in [1.165, 1.54) is 46.4 Å². The van der Waals surface area contributed by atoms with Gasteiger partial charge in [0.05, 0.1) is 31.1 Å². The van der Waals surface area contributed by atoms with Crippen molar-refractivity contribution in [2.45, 2.75) is 31.9 Å². The SMILES string of the molecule is COc1cc(C2C3=CCC4C(=O)N(N(C)c5nc(C(F)(F)F)ccc5Cl)C(=O)C4C3CC3=C2C(=O)C=C(C)C3=O)cc(OC)c1O. The quantitative estimate of drug-likeness (QED) is 0.270. The van der Waals surface area contributed by atoms with E-state index >= 15 is 0 Å². The number of methoxy groups -OCH3 is 2. The molecule has 10 nitrogen and oxygen atoms in total. The van der Waals surface area contributed by atoms with E-state index in [1.807, 2.05) is 0 Å². The van der Waals surface area contributed by atoms with Gasteiger partial charge in [0.1, 0.15) is 5.69 Å². The molecule has 1 N–H and O–H groups in total. The number of halogens is 4. The van der Waals surface area contributed by atoms with E-state index in [0.29, 0.717) is 17.2 Å². The zero-order valence-electron chi connectivity index (χ0n) is 24.9. The molecule has 0 saturated carbocycles. The first kappa shape index (κ1) is 31.3. The van der Waals surface area contributed by atoms with Gasteiger partial charge < -0.3 is 14.6 Å². The van der Waals surface area contributed by atoms with Crippen molar-refractivity contribution < 1.29 is 46.9 Å². The van der Waals surface area contributed by atoms with E-state index in [-0.39, 0.29) is 63.4 Å². The molecular weight excluding hydrogens is 631 g/mol. The van der Waals surface area contributed by atoms with Crippen LogP contribution in [0.15, 0.2) is 58.7 Å². The van der Waals surface area contributed by atoms with Gasteiger partial charge in [-0.15, -0.1) is 0 Å². The number of aromatic hydroxyl groups is 1. The molecule has 6 rings (SSSR count). The number of ketones is 2. The average Bonchev–Trinajstić information content (AvgIpc) is 3.27. The number of hydrogen-bond acceptors (Lipinski definition) is 9. The number of Topliss-reactive ketones (excluding diaryl/α,β-unsaturated/α-hetero) is 1. The number of alkyl halides is 3. The molecule has 1 fully saturated rings. The molecule has 1 aromatic heterocycles. The van der Waals surface area contributed by atoms with Gasteiger partial charge in [0.2, 0.25) is 5.75 Å². The van der Waals surface area contributed by atoms with Gasteiger partial charge in [0.25, 0.3) is 11.8 Å². The maximum absolute atomic E-state index is 14.2. The van der Waals surface area contributed by atoms with Crippen molar-refractivity contribution in [2.24, 2.45) is 17.8 Å². The van der Waals surface area contributed by atoms with Crippen molar-refractivity contribution in [3.63, 3.8) is 0 Å². The van der Waals surface area contributed by atoms with Gasteiger partial charge in [-0.3, -0.25) is 24.2 Å². The van der Waals surface area contributed by atoms with Gasteiger partial charge in [-0.1, -0.05) is 23.3 Å². The zero-order valence-corrected chi connectivity index (χ0v) is 25.7. The van der Waals surface area contributed by atoms with Crippen LogP contribution in [-0.2, 0) is 25.4 Å². The molecule has 1 aliphatic heterocycles. The number of hydrazine groups is 1. The molecule has 1 saturated heterocycles. The van der Waals surface area contributed by atoms with Crippen LogP contribution >= 0.6 is 11.6 Å². The first-order valence-corrected chi connectivity index (χ1v) is 14.6. The van der Waals surface area contributed by atoms with Crippen molar-refractivity contribution in [3.05, 3.63) is 75.0 Å². The Balaban J connectivity index is 1.46. The van der Waals surface area contributed by atoms with Crippen molar-refractivity contribution in [1.82, 2.24) is 9.99 Å². The number of allylic oxidation sites excluding steroid dienone is 6. The van der Waals surface area contributed by atoms with Crippen molar-refractivity contribution in [1.29, 1.82) is 0 Å². The maximum atomic E-state index is 14.2. The van der Waals surface area contributed by atoms with E-state index in [1.54, 1.807) is 6.08 Å². The second-order valence-electron chi connectivity index (χ2n) is 11.5. The summed E-state index contributed by atoms with van der Waals surface area (Å²) in [6, 6.07) is 4.73. The minimum Gasteiger partial charge on any atom is -0.502 e. The number of aromatic nitrogens is 1. The van der Waals surface area contributed by atoms with Gasteiger partial charge in [-0.05, 0) is 61.6 Å². The van der Waals surface area contributed by atoms with Crippen molar-refractivity contribution >= 4 is 40.8 Å². The molecule has 1 aromatic carbocycles. The lowest BCUT2D eigenvalue weighted by Gasteiger charge is -2.42. The maximum Gasteiger partial charge on any atom is 0.433 e. The highest BCUT2D eigenvalue weighted by atomic mass is 35.5. The lowest BCUT2D eigenvalue weighted by Crippen LogP contribution is -2.46. The number of anilines is 1. The lowest BCUT2D eigenvalue weighted by molar-refractivity contribution is -0.141. The molecule has 240 valence electrons. The molecule has 0 radical (unpaired) electrons. The number of ether oxygens (including phenoxy) is 2. The van der Waals surface area contributed by atoms with Gasteiger partial charge in [0.15, 0.2) is 28.9 Å². The smallest absolute Gasteiger partial charge is 0.433 e. The molecule has 2 aromatic rings. The average molecular weight is 658 g/mol. The summed E-state index contributed by atoms with van der Waals surface area (Å²) in [6.45, 7) is 1.52. The molecule has 46 heavy (non-hydrogen) atoms. The Morgan fingerprint density at radius 3 is 2.30 bits per heavy atom. The first-order chi connectivity index (χ1) is 21.7. The fraction of sp³-hybridized carbons (Fsp3) is 0.344. The minimum absolute atomic E-state index is 0.0138. The van der Waals surface area contributed by atoms with Crippen molar-refractivity contribution in [3.8, 4) is 17.2 Å². The topological polar surface area (TPSA) is 126 Å². The Bertz CT molecular complexity index is 1810. The number of rotatable bonds is 5. The standard InChI is InChI=1S/C32H27ClF3N3O7/c1-13-9-20(40)26-18(27(13)41)12-17-15(24(26)14-10-21(45-3)28(42)22(11-14)46-4)5-6-16-25(17)31(44)39(30(16)43)38(2)29-19(33)7-8-23(37-29)32(34,35)36/h5,7-11,16-17,24-25,42H,6,12H2,1-4H3. The molecule has 0 bridgehead atoms. The predicted octanol–water partition coefficient (Wildman–Crippen LogP) is 4.96. The van der Waals surface area contributed by atoms with Crippen LogP contribution in [0.4, 0.5) is 19.0 Å². The molecule has 0 spiro atoms. The molecule has 14 heteroatoms. The number of pyridine rings is 1. The van der Waals surface area contributed by atoms with E-state index in [4.69, 9.17) is 21.1 Å². The summed E-state index contributed by atoms with van der Waals surface area (Å²) < 4.78 is 51.1. The Labute approximate surface area is 265 Å². The highest BCUT2D eigenvalue weighted by Crippen LogP contribution is 2.56. The number of amides is 2. The number of phenolic OH excluding ortho intramolecular Hbond substituents is 1. The highest BCUT2D eigenvalue weighted by molar-refractivity contribution is 6.33. The Morgan fingerprint density at radius 1 is 1.04 bits per heavy atom. The van der Waals surface area contributed by atoms with E-state index < -0.39 is 53.2 Å². The third-order valence-corrected chi connectivity index (χ3v) is 9.39. The van der Waals surface area contributed by atoms with Gasteiger partial charge in [0, 0.05) is 29.7 Å². The van der Waals surface area contributed by atoms with E-state index in [9.17, 15) is 37.5 Å². The molecular formula is C32H27ClF3N3O7. The van der Waals surface area contributed by atoms with Crippen LogP contribution in [-0.4, -0.2) is 59.7 Å². The van der Waals surface area contributed by atoms with Gasteiger partial charge in [-0.25, -0.2) is 4.98 Å². The number of nitrogens with zero attached hydrogens (tertiary/aromatic N) is 3. The summed E-state index contributed by atoms with van der Waals surface area (Å²) in [4.78, 5) is 58.6. The van der Waals surface area contributed by atoms with Crippen LogP contribution in [0, 0.1) is 17.8 Å². The molecule has 3 aliphatic carbocycles. The third-order valence-electron chi connectivity index (χ3n) is 9.10. The van der Waals surface area contributed by atoms with Gasteiger partial charge >= 0.3 is 6.18 Å². The van der Waals surface area contributed by atoms with E-state index in [2.05, 4.69) is 4.98 Å². The van der Waals surface area contributed by atoms with Crippen LogP contribution in [0.2, 0.25) is 5.02 Å². The second kappa shape index (κ2) is 11.0. The number of fused-ring (bicyclic) bond motifs is 3. The molecule has 4 unspecified atom stereocenters. The van der Waals surface area contributed by atoms with Crippen LogP contribution in [0.5, 0.6) is 17.2 Å². The number of phenols is 1. The Hall–Kier alpha value is -4.65. The van der Waals surface area contributed by atoms with Crippen LogP contribution < -0.4 is 14.5 Å². The van der Waals surface area contributed by atoms with Crippen LogP contribution in [0.1, 0.15) is 36.9 Å². The number of imide groups is 1. The van der Waals surface area contributed by atoms with E-state index in [0.717, 1.165) is 16.1 Å². The monoisotopic (exact) mass is 657 g/mol. The largest absolute Gasteiger partial charge is 0.502 e. The number of carbonyl (C=O) groups is 4. The summed E-state index contributed by atoms with van der Waals surface area (Å²) in [5, 5.41) is 12.0. The third kappa shape index (κ3) is 4.67. The first-order valence-electron chi connectivity index (χ1n) is 14.2. The minimum atomic E-state index is -4.80. The fourth-order valence-corrected chi connectivity index (χ4v) is 7.26. The Morgan fingerprint density at radius 2 is 1.70 bits per heavy atom. The zero-order chi connectivity index (χ0) is 33.4. The Kier molecular flexibility index (Phi) is 7.50. The molecule has 4 aliphatic rings.